The molecule has 0 aromatic carbocycles. The first kappa shape index (κ1) is 13.3. The van der Waals surface area contributed by atoms with E-state index in [4.69, 9.17) is 4.74 Å². The van der Waals surface area contributed by atoms with Crippen molar-refractivity contribution in [3.8, 4) is 0 Å². The first-order chi connectivity index (χ1) is 8.51. The van der Waals surface area contributed by atoms with Crippen LogP contribution in [0.4, 0.5) is 5.82 Å². The van der Waals surface area contributed by atoms with E-state index in [1.54, 1.807) is 12.1 Å². The summed E-state index contributed by atoms with van der Waals surface area (Å²) in [5, 5.41) is 0. The second-order valence-corrected chi connectivity index (χ2v) is 6.20. The molecule has 0 bridgehead atoms. The van der Waals surface area contributed by atoms with Crippen molar-refractivity contribution in [2.24, 2.45) is 0 Å². The molecule has 0 unspecified atom stereocenters. The lowest BCUT2D eigenvalue weighted by Crippen LogP contribution is -2.40. The minimum atomic E-state index is -3.43. The minimum absolute atomic E-state index is 0.231. The number of hydrogen-bond donors (Lipinski definition) is 0. The van der Waals surface area contributed by atoms with Gasteiger partial charge >= 0.3 is 0 Å². The minimum Gasteiger partial charge on any atom is -0.379 e. The van der Waals surface area contributed by atoms with Crippen molar-refractivity contribution < 1.29 is 13.2 Å². The van der Waals surface area contributed by atoms with Gasteiger partial charge in [0.05, 0.1) is 13.2 Å². The van der Waals surface area contributed by atoms with Gasteiger partial charge in [-0.2, -0.15) is 4.31 Å². The third-order valence-electron chi connectivity index (χ3n) is 2.79. The number of sulfonamides is 1. The van der Waals surface area contributed by atoms with E-state index in [0.29, 0.717) is 26.3 Å². The molecule has 1 saturated heterocycles. The molecule has 0 N–H and O–H groups in total. The Morgan fingerprint density at radius 3 is 2.44 bits per heavy atom. The average molecular weight is 271 g/mol. The molecule has 0 radical (unpaired) electrons. The fourth-order valence-electron chi connectivity index (χ4n) is 1.73. The maximum Gasteiger partial charge on any atom is 0.244 e. The highest BCUT2D eigenvalue weighted by atomic mass is 32.2. The van der Waals surface area contributed by atoms with Crippen LogP contribution in [-0.4, -0.2) is 58.1 Å². The van der Waals surface area contributed by atoms with Crippen LogP contribution >= 0.6 is 0 Å². The number of hydrogen-bond acceptors (Lipinski definition) is 5. The predicted octanol–water partition coefficient (Wildman–Crippen LogP) is 0.168. The van der Waals surface area contributed by atoms with Gasteiger partial charge in [0.25, 0.3) is 0 Å². The summed E-state index contributed by atoms with van der Waals surface area (Å²) in [4.78, 5) is 6.18. The second-order valence-electron chi connectivity index (χ2n) is 4.26. The lowest BCUT2D eigenvalue weighted by molar-refractivity contribution is 0.0730. The lowest BCUT2D eigenvalue weighted by atomic mass is 10.4. The summed E-state index contributed by atoms with van der Waals surface area (Å²) in [7, 11) is 0.287. The Labute approximate surface area is 107 Å². The van der Waals surface area contributed by atoms with E-state index in [0.717, 1.165) is 5.82 Å². The number of pyridine rings is 1. The van der Waals surface area contributed by atoms with E-state index >= 15 is 0 Å². The Kier molecular flexibility index (Phi) is 3.84. The van der Waals surface area contributed by atoms with Gasteiger partial charge in [-0.3, -0.25) is 0 Å². The molecule has 0 atom stereocenters. The molecule has 6 nitrogen and oxygen atoms in total. The number of morpholine rings is 1. The van der Waals surface area contributed by atoms with Crippen molar-refractivity contribution in [3.63, 3.8) is 0 Å². The molecule has 0 spiro atoms. The van der Waals surface area contributed by atoms with E-state index in [-0.39, 0.29) is 4.90 Å². The topological polar surface area (TPSA) is 62.7 Å². The van der Waals surface area contributed by atoms with Gasteiger partial charge in [0.2, 0.25) is 10.0 Å². The van der Waals surface area contributed by atoms with Gasteiger partial charge in [-0.15, -0.1) is 0 Å². The van der Waals surface area contributed by atoms with Crippen LogP contribution in [0.1, 0.15) is 0 Å². The fraction of sp³-hybridized carbons (Fsp3) is 0.545. The van der Waals surface area contributed by atoms with Gasteiger partial charge in [0, 0.05) is 33.4 Å². The molecule has 1 aromatic rings. The normalized spacial score (nSPS) is 17.7. The molecule has 0 saturated carbocycles. The van der Waals surface area contributed by atoms with Gasteiger partial charge in [0.15, 0.2) is 0 Å². The van der Waals surface area contributed by atoms with E-state index in [1.165, 1.54) is 10.5 Å². The summed E-state index contributed by atoms with van der Waals surface area (Å²) in [6, 6.07) is 3.29. The Bertz CT molecular complexity index is 493. The van der Waals surface area contributed by atoms with Gasteiger partial charge in [0.1, 0.15) is 10.7 Å². The van der Waals surface area contributed by atoms with Crippen molar-refractivity contribution in [1.82, 2.24) is 9.29 Å². The van der Waals surface area contributed by atoms with E-state index in [1.807, 2.05) is 19.0 Å². The molecule has 2 rings (SSSR count). The molecule has 2 heterocycles. The molecule has 18 heavy (non-hydrogen) atoms. The highest BCUT2D eigenvalue weighted by Gasteiger charge is 2.26. The van der Waals surface area contributed by atoms with Crippen molar-refractivity contribution >= 4 is 15.8 Å². The molecule has 0 aliphatic carbocycles. The van der Waals surface area contributed by atoms with Crippen LogP contribution in [0, 0.1) is 0 Å². The van der Waals surface area contributed by atoms with Crippen molar-refractivity contribution in [2.45, 2.75) is 4.90 Å². The number of ether oxygens (including phenoxy) is 1. The Morgan fingerprint density at radius 2 is 1.94 bits per heavy atom. The van der Waals surface area contributed by atoms with Gasteiger partial charge in [-0.25, -0.2) is 13.4 Å². The predicted molar refractivity (Wildman–Crippen MR) is 68.1 cm³/mol. The summed E-state index contributed by atoms with van der Waals surface area (Å²) in [6.45, 7) is 1.69. The Balaban J connectivity index is 2.23. The van der Waals surface area contributed by atoms with Crippen molar-refractivity contribution in [3.05, 3.63) is 18.3 Å². The van der Waals surface area contributed by atoms with Crippen molar-refractivity contribution in [1.29, 1.82) is 0 Å². The maximum atomic E-state index is 12.3. The number of anilines is 1. The summed E-state index contributed by atoms with van der Waals surface area (Å²) in [6.07, 6.45) is 1.40. The number of nitrogens with zero attached hydrogens (tertiary/aromatic N) is 3. The molecule has 1 aliphatic heterocycles. The van der Waals surface area contributed by atoms with E-state index < -0.39 is 10.0 Å². The Morgan fingerprint density at radius 1 is 1.28 bits per heavy atom. The van der Waals surface area contributed by atoms with E-state index in [2.05, 4.69) is 4.98 Å². The summed E-state index contributed by atoms with van der Waals surface area (Å²) in [5.74, 6) is 0.732. The molecule has 7 heteroatoms. The number of rotatable bonds is 3. The van der Waals surface area contributed by atoms with E-state index in [9.17, 15) is 8.42 Å². The van der Waals surface area contributed by atoms with Gasteiger partial charge in [-0.05, 0) is 12.1 Å². The monoisotopic (exact) mass is 271 g/mol. The molecule has 100 valence electrons. The quantitative estimate of drug-likeness (QED) is 0.784. The average Bonchev–Trinajstić information content (AvgIpc) is 2.40. The smallest absolute Gasteiger partial charge is 0.244 e. The van der Waals surface area contributed by atoms with Crippen LogP contribution in [0.5, 0.6) is 0 Å². The zero-order chi connectivity index (χ0) is 13.2. The maximum absolute atomic E-state index is 12.3. The Hall–Kier alpha value is -1.18. The summed E-state index contributed by atoms with van der Waals surface area (Å²) in [5.41, 5.74) is 0. The molecule has 1 aliphatic rings. The fourth-order valence-corrected chi connectivity index (χ4v) is 3.08. The molecule has 1 aromatic heterocycles. The highest BCUT2D eigenvalue weighted by molar-refractivity contribution is 7.89. The van der Waals surface area contributed by atoms with Crippen molar-refractivity contribution in [2.75, 3.05) is 45.3 Å². The standard InChI is InChI=1S/C11H17N3O3S/c1-13(2)11-4-3-10(9-12-11)18(15,16)14-5-7-17-8-6-14/h3-4,9H,5-8H2,1-2H3. The zero-order valence-corrected chi connectivity index (χ0v) is 11.4. The summed E-state index contributed by atoms with van der Waals surface area (Å²) >= 11 is 0. The van der Waals surface area contributed by atoms with Crippen LogP contribution < -0.4 is 4.90 Å². The third kappa shape index (κ3) is 2.63. The molecular formula is C11H17N3O3S. The third-order valence-corrected chi connectivity index (χ3v) is 4.67. The van der Waals surface area contributed by atoms with Crippen LogP contribution in [0.2, 0.25) is 0 Å². The summed E-state index contributed by atoms with van der Waals surface area (Å²) < 4.78 is 31.2. The molecular weight excluding hydrogens is 254 g/mol. The number of aromatic nitrogens is 1. The molecule has 1 fully saturated rings. The van der Waals surface area contributed by atoms with Gasteiger partial charge in [-0.1, -0.05) is 0 Å². The first-order valence-corrected chi connectivity index (χ1v) is 7.17. The lowest BCUT2D eigenvalue weighted by Gasteiger charge is -2.26. The molecule has 0 amide bonds. The second kappa shape index (κ2) is 5.21. The van der Waals surface area contributed by atoms with Crippen LogP contribution in [0.25, 0.3) is 0 Å². The largest absolute Gasteiger partial charge is 0.379 e. The highest BCUT2D eigenvalue weighted by Crippen LogP contribution is 2.18. The SMILES string of the molecule is CN(C)c1ccc(S(=O)(=O)N2CCOCC2)cn1. The van der Waals surface area contributed by atoms with Crippen LogP contribution in [0.15, 0.2) is 23.2 Å². The van der Waals surface area contributed by atoms with Crippen LogP contribution in [-0.2, 0) is 14.8 Å². The first-order valence-electron chi connectivity index (χ1n) is 5.73. The zero-order valence-electron chi connectivity index (χ0n) is 10.5. The van der Waals surface area contributed by atoms with Gasteiger partial charge < -0.3 is 9.64 Å². The van der Waals surface area contributed by atoms with Crippen LogP contribution in [0.3, 0.4) is 0 Å².